The van der Waals surface area contributed by atoms with Gasteiger partial charge in [0.15, 0.2) is 6.61 Å². The van der Waals surface area contributed by atoms with Crippen molar-refractivity contribution in [2.45, 2.75) is 70.3 Å². The van der Waals surface area contributed by atoms with Gasteiger partial charge in [0.2, 0.25) is 11.7 Å². The van der Waals surface area contributed by atoms with Gasteiger partial charge in [-0.25, -0.2) is 0 Å². The van der Waals surface area contributed by atoms with Crippen LogP contribution in [0.25, 0.3) is 11.4 Å². The van der Waals surface area contributed by atoms with Crippen LogP contribution >= 0.6 is 0 Å². The third kappa shape index (κ3) is 5.80. The first-order valence-electron chi connectivity index (χ1n) is 10.4. The predicted octanol–water partition coefficient (Wildman–Crippen LogP) is 4.19. The quantitative estimate of drug-likeness (QED) is 0.671. The molecule has 7 heteroatoms. The molecule has 1 aliphatic carbocycles. The maximum Gasteiger partial charge on any atom is 0.259 e. The van der Waals surface area contributed by atoms with Crippen LogP contribution < -0.4 is 10.1 Å². The first-order valence-corrected chi connectivity index (χ1v) is 10.4. The van der Waals surface area contributed by atoms with Crippen LogP contribution in [0.3, 0.4) is 0 Å². The SMILES string of the molecule is CCCCc1nc(-c2ccc(OCC(=O)NC3(C#N)CCCCCC3)cc2)no1. The smallest absolute Gasteiger partial charge is 0.259 e. The molecule has 0 atom stereocenters. The standard InChI is InChI=1S/C22H28N4O3/c1-2-3-8-20-24-21(26-29-20)17-9-11-18(12-10-17)28-15-19(27)25-22(16-23)13-6-4-5-7-14-22/h9-12H,2-8,13-15H2,1H3,(H,25,27). The van der Waals surface area contributed by atoms with Crippen LogP contribution in [0.4, 0.5) is 0 Å². The van der Waals surface area contributed by atoms with Crippen molar-refractivity contribution in [3.05, 3.63) is 30.2 Å². The lowest BCUT2D eigenvalue weighted by atomic mass is 9.92. The molecule has 29 heavy (non-hydrogen) atoms. The van der Waals surface area contributed by atoms with Crippen molar-refractivity contribution in [3.63, 3.8) is 0 Å². The summed E-state index contributed by atoms with van der Waals surface area (Å²) in [5.41, 5.74) is 0.0738. The number of nitrogens with one attached hydrogen (secondary N) is 1. The van der Waals surface area contributed by atoms with Gasteiger partial charge < -0.3 is 14.6 Å². The van der Waals surface area contributed by atoms with E-state index in [1.807, 2.05) is 12.1 Å². The van der Waals surface area contributed by atoms with E-state index in [4.69, 9.17) is 9.26 Å². The summed E-state index contributed by atoms with van der Waals surface area (Å²) >= 11 is 0. The van der Waals surface area contributed by atoms with Gasteiger partial charge in [-0.05, 0) is 43.5 Å². The summed E-state index contributed by atoms with van der Waals surface area (Å²) in [6.45, 7) is 2.00. The highest BCUT2D eigenvalue weighted by molar-refractivity contribution is 5.79. The zero-order valence-corrected chi connectivity index (χ0v) is 16.9. The number of hydrogen-bond acceptors (Lipinski definition) is 6. The highest BCUT2D eigenvalue weighted by atomic mass is 16.5. The van der Waals surface area contributed by atoms with Crippen LogP contribution in [0.15, 0.2) is 28.8 Å². The molecule has 3 rings (SSSR count). The number of unbranched alkanes of at least 4 members (excludes halogenated alkanes) is 1. The minimum absolute atomic E-state index is 0.119. The second-order valence-electron chi connectivity index (χ2n) is 7.58. The summed E-state index contributed by atoms with van der Waals surface area (Å²) in [6, 6.07) is 9.54. The molecule has 0 unspecified atom stereocenters. The van der Waals surface area contributed by atoms with E-state index >= 15 is 0 Å². The molecule has 1 fully saturated rings. The lowest BCUT2D eigenvalue weighted by Gasteiger charge is -2.26. The number of nitrogens with zero attached hydrogens (tertiary/aromatic N) is 3. The van der Waals surface area contributed by atoms with E-state index in [0.717, 1.165) is 50.5 Å². The number of ether oxygens (including phenoxy) is 1. The molecule has 0 bridgehead atoms. The molecule has 154 valence electrons. The van der Waals surface area contributed by atoms with Gasteiger partial charge >= 0.3 is 0 Å². The number of hydrogen-bond donors (Lipinski definition) is 1. The van der Waals surface area contributed by atoms with Gasteiger partial charge in [0.1, 0.15) is 11.3 Å². The highest BCUT2D eigenvalue weighted by Gasteiger charge is 2.32. The van der Waals surface area contributed by atoms with Gasteiger partial charge in [-0.2, -0.15) is 10.2 Å². The number of aromatic nitrogens is 2. The van der Waals surface area contributed by atoms with E-state index in [0.29, 0.717) is 30.3 Å². The normalized spacial score (nSPS) is 15.9. The van der Waals surface area contributed by atoms with Gasteiger partial charge in [0.25, 0.3) is 5.91 Å². The molecule has 1 aromatic heterocycles. The third-order valence-corrected chi connectivity index (χ3v) is 5.24. The Morgan fingerprint density at radius 3 is 2.62 bits per heavy atom. The van der Waals surface area contributed by atoms with Crippen LogP contribution in [0.5, 0.6) is 5.75 Å². The fourth-order valence-electron chi connectivity index (χ4n) is 3.55. The monoisotopic (exact) mass is 396 g/mol. The number of carbonyl (C=O) groups is 1. The summed E-state index contributed by atoms with van der Waals surface area (Å²) in [4.78, 5) is 16.7. The lowest BCUT2D eigenvalue weighted by Crippen LogP contribution is -2.48. The first kappa shape index (κ1) is 20.8. The second kappa shape index (κ2) is 10.1. The molecule has 2 aromatic rings. The zero-order valence-electron chi connectivity index (χ0n) is 16.9. The molecular formula is C22H28N4O3. The average molecular weight is 396 g/mol. The Kier molecular flexibility index (Phi) is 7.23. The van der Waals surface area contributed by atoms with Crippen molar-refractivity contribution in [2.24, 2.45) is 0 Å². The Balaban J connectivity index is 1.52. The summed E-state index contributed by atoms with van der Waals surface area (Å²) in [7, 11) is 0. The maximum absolute atomic E-state index is 12.3. The molecule has 1 saturated carbocycles. The number of amides is 1. The Bertz CT molecular complexity index is 830. The summed E-state index contributed by atoms with van der Waals surface area (Å²) in [6.07, 6.45) is 8.44. The molecule has 0 spiro atoms. The van der Waals surface area contributed by atoms with E-state index in [-0.39, 0.29) is 12.5 Å². The molecule has 0 saturated heterocycles. The Hall–Kier alpha value is -2.88. The Labute approximate surface area is 171 Å². The third-order valence-electron chi connectivity index (χ3n) is 5.24. The number of benzene rings is 1. The van der Waals surface area contributed by atoms with Gasteiger partial charge in [-0.3, -0.25) is 4.79 Å². The van der Waals surface area contributed by atoms with E-state index in [2.05, 4.69) is 28.5 Å². The van der Waals surface area contributed by atoms with E-state index in [1.54, 1.807) is 12.1 Å². The van der Waals surface area contributed by atoms with Crippen molar-refractivity contribution in [2.75, 3.05) is 6.61 Å². The van der Waals surface area contributed by atoms with Crippen molar-refractivity contribution in [1.29, 1.82) is 5.26 Å². The molecule has 1 N–H and O–H groups in total. The van der Waals surface area contributed by atoms with Crippen LogP contribution in [-0.2, 0) is 11.2 Å². The van der Waals surface area contributed by atoms with Crippen molar-refractivity contribution < 1.29 is 14.1 Å². The molecule has 7 nitrogen and oxygen atoms in total. The summed E-state index contributed by atoms with van der Waals surface area (Å²) in [5.74, 6) is 1.50. The van der Waals surface area contributed by atoms with Crippen molar-refractivity contribution in [1.82, 2.24) is 15.5 Å². The molecule has 1 aliphatic rings. The van der Waals surface area contributed by atoms with Gasteiger partial charge in [-0.1, -0.05) is 44.2 Å². The topological polar surface area (TPSA) is 101 Å². The molecule has 1 amide bonds. The van der Waals surface area contributed by atoms with Gasteiger partial charge in [-0.15, -0.1) is 0 Å². The minimum atomic E-state index is -0.755. The fraction of sp³-hybridized carbons (Fsp3) is 0.545. The van der Waals surface area contributed by atoms with Crippen LogP contribution in [0, 0.1) is 11.3 Å². The Morgan fingerprint density at radius 2 is 1.97 bits per heavy atom. The highest BCUT2D eigenvalue weighted by Crippen LogP contribution is 2.26. The number of rotatable bonds is 8. The van der Waals surface area contributed by atoms with Crippen molar-refractivity contribution >= 4 is 5.91 Å². The fourth-order valence-corrected chi connectivity index (χ4v) is 3.55. The van der Waals surface area contributed by atoms with E-state index < -0.39 is 5.54 Å². The molecule has 0 radical (unpaired) electrons. The summed E-state index contributed by atoms with van der Waals surface area (Å²) in [5, 5.41) is 16.5. The van der Waals surface area contributed by atoms with E-state index in [1.165, 1.54) is 0 Å². The maximum atomic E-state index is 12.3. The predicted molar refractivity (Wildman–Crippen MR) is 108 cm³/mol. The Morgan fingerprint density at radius 1 is 1.24 bits per heavy atom. The van der Waals surface area contributed by atoms with Crippen LogP contribution in [0.2, 0.25) is 0 Å². The second-order valence-corrected chi connectivity index (χ2v) is 7.58. The van der Waals surface area contributed by atoms with Crippen molar-refractivity contribution in [3.8, 4) is 23.2 Å². The molecular weight excluding hydrogens is 368 g/mol. The lowest BCUT2D eigenvalue weighted by molar-refractivity contribution is -0.124. The molecule has 1 aromatic carbocycles. The van der Waals surface area contributed by atoms with Gasteiger partial charge in [0, 0.05) is 12.0 Å². The molecule has 1 heterocycles. The average Bonchev–Trinajstić information content (AvgIpc) is 3.10. The van der Waals surface area contributed by atoms with Gasteiger partial charge in [0.05, 0.1) is 6.07 Å². The zero-order chi connectivity index (χ0) is 20.5. The largest absolute Gasteiger partial charge is 0.484 e. The number of nitriles is 1. The van der Waals surface area contributed by atoms with E-state index in [9.17, 15) is 10.1 Å². The van der Waals surface area contributed by atoms with Crippen LogP contribution in [0.1, 0.15) is 64.2 Å². The summed E-state index contributed by atoms with van der Waals surface area (Å²) < 4.78 is 10.9. The minimum Gasteiger partial charge on any atom is -0.484 e. The number of aryl methyl sites for hydroxylation is 1. The number of carbonyl (C=O) groups excluding carboxylic acids is 1. The first-order chi connectivity index (χ1) is 14.1. The van der Waals surface area contributed by atoms with Crippen LogP contribution in [-0.4, -0.2) is 28.2 Å². The molecule has 0 aliphatic heterocycles.